The van der Waals surface area contributed by atoms with Gasteiger partial charge in [0.1, 0.15) is 0 Å². The quantitative estimate of drug-likeness (QED) is 0.622. The molecular weight excluding hydrogens is 269 g/mol. The minimum absolute atomic E-state index is 0.245. The van der Waals surface area contributed by atoms with Crippen molar-refractivity contribution in [2.45, 2.75) is 17.4 Å². The number of rotatable bonds is 4. The number of nitrogens with zero attached hydrogens (tertiary/aromatic N) is 2. The molecule has 0 radical (unpaired) electrons. The number of aromatic nitrogens is 2. The Hall–Kier alpha value is -0.0100. The van der Waals surface area contributed by atoms with E-state index < -0.39 is 12.0 Å². The Bertz CT molecular complexity index is 315. The molecule has 0 saturated carbocycles. The average Bonchev–Trinajstić information content (AvgIpc) is 2.61. The van der Waals surface area contributed by atoms with Gasteiger partial charge in [0.25, 0.3) is 0 Å². The third-order valence-electron chi connectivity index (χ3n) is 1.42. The predicted octanol–water partition coefficient (Wildman–Crippen LogP) is 3.52. The molecule has 1 unspecified atom stereocenters. The second-order valence-electron chi connectivity index (χ2n) is 2.95. The summed E-state index contributed by atoms with van der Waals surface area (Å²) in [6.45, 7) is 1.92. The maximum Gasteiger partial charge on any atom is 0.452 e. The van der Waals surface area contributed by atoms with Crippen molar-refractivity contribution in [2.24, 2.45) is 5.92 Å². The van der Waals surface area contributed by atoms with Crippen LogP contribution >= 0.6 is 34.9 Å². The van der Waals surface area contributed by atoms with E-state index in [1.165, 1.54) is 11.8 Å². The van der Waals surface area contributed by atoms with Gasteiger partial charge in [0.15, 0.2) is 4.34 Å². The lowest BCUT2D eigenvalue weighted by Crippen LogP contribution is -2.07. The van der Waals surface area contributed by atoms with Gasteiger partial charge < -0.3 is 0 Å². The predicted molar refractivity (Wildman–Crippen MR) is 55.5 cm³/mol. The van der Waals surface area contributed by atoms with Crippen LogP contribution in [0.4, 0.5) is 13.2 Å². The highest BCUT2D eigenvalue weighted by atomic mass is 35.5. The molecule has 0 N–H and O–H groups in total. The normalized spacial score (nSPS) is 14.2. The molecule has 86 valence electrons. The molecule has 0 bridgehead atoms. The fourth-order valence-electron chi connectivity index (χ4n) is 0.641. The molecule has 0 saturated heterocycles. The van der Waals surface area contributed by atoms with E-state index in [0.29, 0.717) is 16.0 Å². The van der Waals surface area contributed by atoms with Crippen LogP contribution in [-0.2, 0) is 6.18 Å². The minimum atomic E-state index is -4.45. The summed E-state index contributed by atoms with van der Waals surface area (Å²) >= 11 is 7.59. The Morgan fingerprint density at radius 3 is 2.67 bits per heavy atom. The van der Waals surface area contributed by atoms with Gasteiger partial charge in [-0.3, -0.25) is 0 Å². The molecule has 0 aliphatic carbocycles. The molecule has 1 atom stereocenters. The van der Waals surface area contributed by atoms with Crippen LogP contribution in [0.3, 0.4) is 0 Å². The van der Waals surface area contributed by atoms with Crippen molar-refractivity contribution in [1.29, 1.82) is 0 Å². The summed E-state index contributed by atoms with van der Waals surface area (Å²) in [6, 6.07) is 0. The Morgan fingerprint density at radius 2 is 2.20 bits per heavy atom. The van der Waals surface area contributed by atoms with Crippen LogP contribution in [0, 0.1) is 5.92 Å². The highest BCUT2D eigenvalue weighted by Crippen LogP contribution is 2.31. The van der Waals surface area contributed by atoms with Crippen LogP contribution in [0.2, 0.25) is 0 Å². The second-order valence-corrected chi connectivity index (χ2v) is 5.28. The van der Waals surface area contributed by atoms with Gasteiger partial charge in [-0.25, -0.2) is 4.98 Å². The maximum atomic E-state index is 12.1. The first-order valence-corrected chi connectivity index (χ1v) is 6.32. The van der Waals surface area contributed by atoms with Gasteiger partial charge in [-0.1, -0.05) is 18.7 Å². The summed E-state index contributed by atoms with van der Waals surface area (Å²) in [5.74, 6) is 0.317. The molecule has 0 aliphatic rings. The van der Waals surface area contributed by atoms with Gasteiger partial charge >= 0.3 is 6.18 Å². The van der Waals surface area contributed by atoms with E-state index in [9.17, 15) is 13.2 Å². The van der Waals surface area contributed by atoms with Crippen molar-refractivity contribution < 1.29 is 13.2 Å². The Morgan fingerprint density at radius 1 is 1.53 bits per heavy atom. The van der Waals surface area contributed by atoms with Crippen molar-refractivity contribution >= 4 is 34.9 Å². The van der Waals surface area contributed by atoms with E-state index in [0.717, 1.165) is 11.5 Å². The van der Waals surface area contributed by atoms with Gasteiger partial charge in [0, 0.05) is 11.6 Å². The van der Waals surface area contributed by atoms with Crippen LogP contribution in [-0.4, -0.2) is 21.0 Å². The molecule has 2 nitrogen and oxygen atoms in total. The zero-order valence-corrected chi connectivity index (χ0v) is 10.1. The molecule has 1 rings (SSSR count). The monoisotopic (exact) mass is 276 g/mol. The molecule has 1 aromatic rings. The zero-order chi connectivity index (χ0) is 11.5. The first-order valence-electron chi connectivity index (χ1n) is 4.03. The summed E-state index contributed by atoms with van der Waals surface area (Å²) in [5, 5.41) is 0. The minimum Gasteiger partial charge on any atom is -0.204 e. The second kappa shape index (κ2) is 5.36. The topological polar surface area (TPSA) is 25.8 Å². The first kappa shape index (κ1) is 13.1. The molecule has 0 aliphatic heterocycles. The number of hydrogen-bond acceptors (Lipinski definition) is 4. The van der Waals surface area contributed by atoms with Crippen molar-refractivity contribution in [3.8, 4) is 0 Å². The van der Waals surface area contributed by atoms with Gasteiger partial charge in [0.05, 0.1) is 0 Å². The zero-order valence-electron chi connectivity index (χ0n) is 7.71. The third kappa shape index (κ3) is 4.16. The lowest BCUT2D eigenvalue weighted by atomic mass is 10.3. The van der Waals surface area contributed by atoms with Crippen molar-refractivity contribution in [3.05, 3.63) is 5.82 Å². The van der Waals surface area contributed by atoms with E-state index in [4.69, 9.17) is 11.6 Å². The van der Waals surface area contributed by atoms with Crippen LogP contribution in [0.25, 0.3) is 0 Å². The van der Waals surface area contributed by atoms with Crippen molar-refractivity contribution in [2.75, 3.05) is 11.6 Å². The van der Waals surface area contributed by atoms with E-state index in [1.54, 1.807) is 0 Å². The molecule has 1 heterocycles. The summed E-state index contributed by atoms with van der Waals surface area (Å²) in [6.07, 6.45) is -4.45. The van der Waals surface area contributed by atoms with Crippen LogP contribution < -0.4 is 0 Å². The number of hydrogen-bond donors (Lipinski definition) is 0. The summed E-state index contributed by atoms with van der Waals surface area (Å²) in [4.78, 5) is 3.39. The highest BCUT2D eigenvalue weighted by molar-refractivity contribution is 8.00. The molecular formula is C7H8ClF3N2S2. The van der Waals surface area contributed by atoms with E-state index in [-0.39, 0.29) is 5.92 Å². The molecule has 1 aromatic heterocycles. The summed E-state index contributed by atoms with van der Waals surface area (Å²) in [7, 11) is 0. The maximum absolute atomic E-state index is 12.1. The standard InChI is InChI=1S/C7H8ClF3N2S2/c1-4(2-8)3-14-6-12-5(13-15-6)7(9,10)11/h4H,2-3H2,1H3. The largest absolute Gasteiger partial charge is 0.452 e. The van der Waals surface area contributed by atoms with Crippen molar-refractivity contribution in [3.63, 3.8) is 0 Å². The lowest BCUT2D eigenvalue weighted by molar-refractivity contribution is -0.144. The average molecular weight is 277 g/mol. The fraction of sp³-hybridized carbons (Fsp3) is 0.714. The molecule has 0 spiro atoms. The van der Waals surface area contributed by atoms with Crippen molar-refractivity contribution in [1.82, 2.24) is 9.36 Å². The molecule has 0 fully saturated rings. The van der Waals surface area contributed by atoms with E-state index in [2.05, 4.69) is 9.36 Å². The number of thioether (sulfide) groups is 1. The third-order valence-corrected chi connectivity index (χ3v) is 4.11. The first-order chi connectivity index (χ1) is 6.93. The number of alkyl halides is 4. The van der Waals surface area contributed by atoms with E-state index in [1.807, 2.05) is 6.92 Å². The molecule has 8 heteroatoms. The Balaban J connectivity index is 2.54. The van der Waals surface area contributed by atoms with Crippen LogP contribution in [0.1, 0.15) is 12.7 Å². The van der Waals surface area contributed by atoms with Crippen LogP contribution in [0.15, 0.2) is 4.34 Å². The molecule has 15 heavy (non-hydrogen) atoms. The molecule has 0 amide bonds. The summed E-state index contributed by atoms with van der Waals surface area (Å²) in [5.41, 5.74) is 0. The SMILES string of the molecule is CC(CCl)CSc1nc(C(F)(F)F)ns1. The van der Waals surface area contributed by atoms with Crippen LogP contribution in [0.5, 0.6) is 0 Å². The van der Waals surface area contributed by atoms with Gasteiger partial charge in [-0.15, -0.1) is 11.6 Å². The molecule has 0 aromatic carbocycles. The smallest absolute Gasteiger partial charge is 0.204 e. The Labute approximate surface area is 98.4 Å². The summed E-state index contributed by atoms with van der Waals surface area (Å²) < 4.78 is 39.9. The van der Waals surface area contributed by atoms with E-state index >= 15 is 0 Å². The van der Waals surface area contributed by atoms with Gasteiger partial charge in [-0.2, -0.15) is 17.5 Å². The lowest BCUT2D eigenvalue weighted by Gasteiger charge is -2.03. The number of halogens is 4. The Kier molecular flexibility index (Phi) is 4.66. The van der Waals surface area contributed by atoms with Gasteiger partial charge in [-0.05, 0) is 17.5 Å². The highest BCUT2D eigenvalue weighted by Gasteiger charge is 2.36. The van der Waals surface area contributed by atoms with Gasteiger partial charge in [0.2, 0.25) is 5.82 Å². The fourth-order valence-corrected chi connectivity index (χ4v) is 2.54.